The molecule has 0 saturated carbocycles. The summed E-state index contributed by atoms with van der Waals surface area (Å²) >= 11 is 6.15. The van der Waals surface area contributed by atoms with Crippen molar-refractivity contribution in [1.29, 1.82) is 0 Å². The third-order valence-electron chi connectivity index (χ3n) is 4.11. The van der Waals surface area contributed by atoms with Crippen molar-refractivity contribution < 1.29 is 4.74 Å². The van der Waals surface area contributed by atoms with E-state index in [1.807, 2.05) is 12.1 Å². The molecular formula is C18H29ClN2O. The number of halogens is 1. The van der Waals surface area contributed by atoms with Crippen molar-refractivity contribution in [2.45, 2.75) is 26.7 Å². The Kier molecular flexibility index (Phi) is 7.00. The largest absolute Gasteiger partial charge is 0.493 e. The number of likely N-dealkylation sites (N-methyl/N-ethyl adjacent to an activating group) is 1. The van der Waals surface area contributed by atoms with Crippen LogP contribution >= 0.6 is 11.6 Å². The molecule has 0 aliphatic carbocycles. The number of ether oxygens (including phenoxy) is 1. The predicted molar refractivity (Wildman–Crippen MR) is 94.0 cm³/mol. The lowest BCUT2D eigenvalue weighted by molar-refractivity contribution is 0.153. The van der Waals surface area contributed by atoms with Gasteiger partial charge in [0.1, 0.15) is 5.75 Å². The Labute approximate surface area is 140 Å². The Morgan fingerprint density at radius 3 is 2.59 bits per heavy atom. The first-order valence-electron chi connectivity index (χ1n) is 8.36. The van der Waals surface area contributed by atoms with E-state index in [0.29, 0.717) is 5.92 Å². The minimum absolute atomic E-state index is 0.536. The van der Waals surface area contributed by atoms with Gasteiger partial charge in [-0.3, -0.25) is 0 Å². The summed E-state index contributed by atoms with van der Waals surface area (Å²) in [4.78, 5) is 4.95. The summed E-state index contributed by atoms with van der Waals surface area (Å²) in [7, 11) is 2.20. The standard InChI is InChI=1S/C18H29ClN2O/c1-15(2)14-22-18-7-6-17(19)13-16(18)5-4-8-21-11-9-20(3)10-12-21/h6-7,13,15H,4-5,8-12,14H2,1-3H3. The Balaban J connectivity index is 1.84. The van der Waals surface area contributed by atoms with Crippen molar-refractivity contribution >= 4 is 11.6 Å². The lowest BCUT2D eigenvalue weighted by atomic mass is 10.1. The number of benzene rings is 1. The molecule has 1 aliphatic heterocycles. The summed E-state index contributed by atoms with van der Waals surface area (Å²) in [5.41, 5.74) is 1.24. The maximum absolute atomic E-state index is 6.15. The van der Waals surface area contributed by atoms with Crippen LogP contribution in [-0.4, -0.2) is 56.2 Å². The predicted octanol–water partition coefficient (Wildman–Crippen LogP) is 3.55. The van der Waals surface area contributed by atoms with E-state index >= 15 is 0 Å². The molecule has 0 bridgehead atoms. The second kappa shape index (κ2) is 8.76. The highest BCUT2D eigenvalue weighted by molar-refractivity contribution is 6.30. The van der Waals surface area contributed by atoms with Crippen LogP contribution in [-0.2, 0) is 6.42 Å². The molecule has 0 amide bonds. The fourth-order valence-corrected chi connectivity index (χ4v) is 2.90. The fraction of sp³-hybridized carbons (Fsp3) is 0.667. The lowest BCUT2D eigenvalue weighted by Gasteiger charge is -2.32. The van der Waals surface area contributed by atoms with Crippen LogP contribution in [0.1, 0.15) is 25.8 Å². The van der Waals surface area contributed by atoms with Gasteiger partial charge in [-0.1, -0.05) is 25.4 Å². The van der Waals surface area contributed by atoms with Crippen molar-refractivity contribution in [1.82, 2.24) is 9.80 Å². The lowest BCUT2D eigenvalue weighted by Crippen LogP contribution is -2.44. The van der Waals surface area contributed by atoms with E-state index in [4.69, 9.17) is 16.3 Å². The molecule has 2 rings (SSSR count). The van der Waals surface area contributed by atoms with Crippen LogP contribution in [0.25, 0.3) is 0 Å². The van der Waals surface area contributed by atoms with Crippen LogP contribution in [0, 0.1) is 5.92 Å². The van der Waals surface area contributed by atoms with Crippen molar-refractivity contribution in [2.24, 2.45) is 5.92 Å². The topological polar surface area (TPSA) is 15.7 Å². The van der Waals surface area contributed by atoms with Gasteiger partial charge in [-0.2, -0.15) is 0 Å². The Hall–Kier alpha value is -0.770. The molecule has 0 aromatic heterocycles. The zero-order valence-electron chi connectivity index (χ0n) is 14.1. The van der Waals surface area contributed by atoms with E-state index in [0.717, 1.165) is 36.8 Å². The summed E-state index contributed by atoms with van der Waals surface area (Å²) in [5.74, 6) is 1.53. The highest BCUT2D eigenvalue weighted by Crippen LogP contribution is 2.25. The molecule has 0 atom stereocenters. The first-order chi connectivity index (χ1) is 10.5. The molecule has 124 valence electrons. The molecule has 1 aliphatic rings. The van der Waals surface area contributed by atoms with Gasteiger partial charge in [-0.15, -0.1) is 0 Å². The van der Waals surface area contributed by atoms with Gasteiger partial charge in [-0.25, -0.2) is 0 Å². The third-order valence-corrected chi connectivity index (χ3v) is 4.35. The molecule has 1 saturated heterocycles. The normalized spacial score (nSPS) is 17.1. The van der Waals surface area contributed by atoms with E-state index in [2.05, 4.69) is 36.8 Å². The van der Waals surface area contributed by atoms with Gasteiger partial charge in [0.2, 0.25) is 0 Å². The van der Waals surface area contributed by atoms with Gasteiger partial charge in [-0.05, 0) is 56.1 Å². The van der Waals surface area contributed by atoms with Crippen LogP contribution in [0.15, 0.2) is 18.2 Å². The van der Waals surface area contributed by atoms with E-state index in [1.54, 1.807) is 0 Å². The summed E-state index contributed by atoms with van der Waals surface area (Å²) in [6, 6.07) is 5.98. The number of aryl methyl sites for hydroxylation is 1. The summed E-state index contributed by atoms with van der Waals surface area (Å²) in [5, 5.41) is 0.798. The molecule has 1 fully saturated rings. The molecule has 1 aromatic carbocycles. The highest BCUT2D eigenvalue weighted by Gasteiger charge is 2.13. The van der Waals surface area contributed by atoms with Gasteiger partial charge in [0.25, 0.3) is 0 Å². The molecule has 1 aromatic rings. The number of hydrogen-bond acceptors (Lipinski definition) is 3. The minimum Gasteiger partial charge on any atom is -0.493 e. The smallest absolute Gasteiger partial charge is 0.122 e. The molecule has 3 nitrogen and oxygen atoms in total. The molecule has 0 radical (unpaired) electrons. The molecule has 22 heavy (non-hydrogen) atoms. The van der Waals surface area contributed by atoms with Gasteiger partial charge >= 0.3 is 0 Å². The Morgan fingerprint density at radius 2 is 1.91 bits per heavy atom. The van der Waals surface area contributed by atoms with Crippen LogP contribution in [0.5, 0.6) is 5.75 Å². The van der Waals surface area contributed by atoms with Crippen molar-refractivity contribution in [2.75, 3.05) is 46.4 Å². The van der Waals surface area contributed by atoms with E-state index < -0.39 is 0 Å². The number of nitrogens with zero attached hydrogens (tertiary/aromatic N) is 2. The maximum atomic E-state index is 6.15. The number of piperazine rings is 1. The second-order valence-electron chi connectivity index (χ2n) is 6.71. The van der Waals surface area contributed by atoms with Crippen LogP contribution in [0.4, 0.5) is 0 Å². The minimum atomic E-state index is 0.536. The Bertz CT molecular complexity index is 456. The molecule has 4 heteroatoms. The SMILES string of the molecule is CC(C)COc1ccc(Cl)cc1CCCN1CCN(C)CC1. The summed E-state index contributed by atoms with van der Waals surface area (Å²) < 4.78 is 5.93. The average Bonchev–Trinajstić information content (AvgIpc) is 2.48. The average molecular weight is 325 g/mol. The molecular weight excluding hydrogens is 296 g/mol. The Morgan fingerprint density at radius 1 is 1.18 bits per heavy atom. The highest BCUT2D eigenvalue weighted by atomic mass is 35.5. The quantitative estimate of drug-likeness (QED) is 0.762. The fourth-order valence-electron chi connectivity index (χ4n) is 2.71. The molecule has 0 unspecified atom stereocenters. The molecule has 0 spiro atoms. The maximum Gasteiger partial charge on any atom is 0.122 e. The van der Waals surface area contributed by atoms with Crippen molar-refractivity contribution in [3.8, 4) is 5.75 Å². The zero-order valence-corrected chi connectivity index (χ0v) is 14.9. The van der Waals surface area contributed by atoms with E-state index in [1.165, 1.54) is 31.7 Å². The first kappa shape index (κ1) is 17.6. The zero-order chi connectivity index (χ0) is 15.9. The van der Waals surface area contributed by atoms with Crippen LogP contribution < -0.4 is 4.74 Å². The summed E-state index contributed by atoms with van der Waals surface area (Å²) in [6.07, 6.45) is 2.18. The monoisotopic (exact) mass is 324 g/mol. The van der Waals surface area contributed by atoms with Crippen molar-refractivity contribution in [3.05, 3.63) is 28.8 Å². The van der Waals surface area contributed by atoms with Gasteiger partial charge < -0.3 is 14.5 Å². The van der Waals surface area contributed by atoms with Gasteiger partial charge in [0.05, 0.1) is 6.61 Å². The van der Waals surface area contributed by atoms with Crippen LogP contribution in [0.3, 0.4) is 0 Å². The van der Waals surface area contributed by atoms with Gasteiger partial charge in [0.15, 0.2) is 0 Å². The van der Waals surface area contributed by atoms with Crippen molar-refractivity contribution in [3.63, 3.8) is 0 Å². The number of hydrogen-bond donors (Lipinski definition) is 0. The molecule has 1 heterocycles. The third kappa shape index (κ3) is 5.79. The summed E-state index contributed by atoms with van der Waals surface area (Å²) in [6.45, 7) is 11.0. The first-order valence-corrected chi connectivity index (χ1v) is 8.74. The van der Waals surface area contributed by atoms with E-state index in [9.17, 15) is 0 Å². The molecule has 0 N–H and O–H groups in total. The van der Waals surface area contributed by atoms with Gasteiger partial charge in [0, 0.05) is 31.2 Å². The number of rotatable bonds is 7. The van der Waals surface area contributed by atoms with E-state index in [-0.39, 0.29) is 0 Å². The second-order valence-corrected chi connectivity index (χ2v) is 7.14. The van der Waals surface area contributed by atoms with Crippen LogP contribution in [0.2, 0.25) is 5.02 Å².